The Morgan fingerprint density at radius 1 is 0.571 bits per heavy atom. The number of hydrogen-bond acceptors (Lipinski definition) is 1. The Morgan fingerprint density at radius 2 is 1.20 bits per heavy atom. The van der Waals surface area contributed by atoms with Gasteiger partial charge in [-0.05, 0) is 102 Å². The largest absolute Gasteiger partial charge is 0.316 e. The molecule has 7 aromatic rings. The first-order valence-electron chi connectivity index (χ1n) is 17.2. The molecule has 5 aromatic carbocycles. The smallest absolute Gasteiger partial charge is 0.0716 e. The lowest BCUT2D eigenvalue weighted by Crippen LogP contribution is -2.04. The molecule has 1 aliphatic rings. The van der Waals surface area contributed by atoms with E-state index in [0.717, 1.165) is 33.8 Å². The Balaban J connectivity index is 0.000000211. The van der Waals surface area contributed by atoms with Crippen molar-refractivity contribution in [2.24, 2.45) is 5.92 Å². The van der Waals surface area contributed by atoms with Gasteiger partial charge in [-0.25, -0.2) is 4.98 Å². The number of pyridine rings is 1. The molecular weight excluding hydrogens is 593 g/mol. The Morgan fingerprint density at radius 3 is 1.94 bits per heavy atom. The summed E-state index contributed by atoms with van der Waals surface area (Å²) in [6.45, 7) is 8.89. The lowest BCUT2D eigenvalue weighted by molar-refractivity contribution is 0.751. The lowest BCUT2D eigenvalue weighted by Gasteiger charge is -2.22. The van der Waals surface area contributed by atoms with Gasteiger partial charge in [0.2, 0.25) is 0 Å². The van der Waals surface area contributed by atoms with Crippen molar-refractivity contribution in [2.75, 3.05) is 0 Å². The molecule has 2 nitrogen and oxygen atoms in total. The highest BCUT2D eigenvalue weighted by Gasteiger charge is 2.16. The summed E-state index contributed by atoms with van der Waals surface area (Å²) in [7, 11) is 0. The van der Waals surface area contributed by atoms with Gasteiger partial charge in [0, 0.05) is 28.4 Å². The third-order valence-electron chi connectivity index (χ3n) is 9.54. The van der Waals surface area contributed by atoms with Gasteiger partial charge in [0.15, 0.2) is 0 Å². The first-order chi connectivity index (χ1) is 24.0. The summed E-state index contributed by atoms with van der Waals surface area (Å²) in [5.41, 5.74) is 15.9. The van der Waals surface area contributed by atoms with Gasteiger partial charge in [-0.15, -0.1) is 0 Å². The van der Waals surface area contributed by atoms with E-state index in [1.165, 1.54) is 50.7 Å². The van der Waals surface area contributed by atoms with E-state index in [1.54, 1.807) is 0 Å². The van der Waals surface area contributed by atoms with Crippen LogP contribution in [0.5, 0.6) is 0 Å². The van der Waals surface area contributed by atoms with Gasteiger partial charge in [-0.1, -0.05) is 134 Å². The first kappa shape index (κ1) is 31.8. The Bertz CT molecular complexity index is 2230. The molecule has 2 heterocycles. The zero-order valence-corrected chi connectivity index (χ0v) is 28.8. The van der Waals surface area contributed by atoms with E-state index in [9.17, 15) is 0 Å². The van der Waals surface area contributed by atoms with E-state index < -0.39 is 0 Å². The second-order valence-corrected chi connectivity index (χ2v) is 13.1. The maximum absolute atomic E-state index is 5.09. The van der Waals surface area contributed by atoms with E-state index in [0.29, 0.717) is 5.92 Å². The van der Waals surface area contributed by atoms with Gasteiger partial charge < -0.3 is 4.57 Å². The van der Waals surface area contributed by atoms with Crippen molar-refractivity contribution in [1.29, 1.82) is 0 Å². The third-order valence-corrected chi connectivity index (χ3v) is 9.54. The number of aryl methyl sites for hydroxylation is 2. The molecule has 1 unspecified atom stereocenters. The molecule has 0 spiro atoms. The van der Waals surface area contributed by atoms with Crippen LogP contribution in [-0.4, -0.2) is 9.55 Å². The standard InChI is InChI=1S/C32H24N2.C15H18/c1-23-22-34(32-18-9-8-17-29(23)32)28-16-10-15-26(19-28)31-21-27(24-11-4-2-5-12-24)20-30(33-31)25-13-6-3-7-14-25;1-11-7-4-5-10-14(11)15-12(2)8-6-9-13(15)3/h2-22H,1H3;4-8,10,13H,9H2,1-3H3. The second-order valence-electron chi connectivity index (χ2n) is 13.1. The highest BCUT2D eigenvalue weighted by molar-refractivity contribution is 5.86. The van der Waals surface area contributed by atoms with Gasteiger partial charge in [0.05, 0.1) is 16.9 Å². The molecule has 0 saturated heterocycles. The Hall–Kier alpha value is -5.73. The SMILES string of the molecule is CC1=C(c2ccccc2C)C(C)CC=C1.Cc1cn(-c2cccc(-c3cc(-c4ccccc4)cc(-c4ccccc4)n3)c2)c2ccccc12. The Labute approximate surface area is 290 Å². The summed E-state index contributed by atoms with van der Waals surface area (Å²) in [5, 5.41) is 1.28. The molecule has 240 valence electrons. The summed E-state index contributed by atoms with van der Waals surface area (Å²) in [6.07, 6.45) is 7.91. The number of benzene rings is 5. The number of nitrogens with zero attached hydrogens (tertiary/aromatic N) is 2. The van der Waals surface area contributed by atoms with Crippen molar-refractivity contribution in [3.8, 4) is 39.3 Å². The molecule has 1 aliphatic carbocycles. The summed E-state index contributed by atoms with van der Waals surface area (Å²) in [5.74, 6) is 0.649. The van der Waals surface area contributed by atoms with Gasteiger partial charge in [0.25, 0.3) is 0 Å². The van der Waals surface area contributed by atoms with E-state index >= 15 is 0 Å². The average Bonchev–Trinajstić information content (AvgIpc) is 3.49. The van der Waals surface area contributed by atoms with Crippen molar-refractivity contribution >= 4 is 16.5 Å². The normalized spacial score (nSPS) is 14.1. The lowest BCUT2D eigenvalue weighted by atomic mass is 9.83. The topological polar surface area (TPSA) is 17.8 Å². The van der Waals surface area contributed by atoms with Gasteiger partial charge >= 0.3 is 0 Å². The predicted molar refractivity (Wildman–Crippen MR) is 209 cm³/mol. The number of aromatic nitrogens is 2. The third kappa shape index (κ3) is 6.82. The van der Waals surface area contributed by atoms with Crippen molar-refractivity contribution in [3.63, 3.8) is 0 Å². The fourth-order valence-electron chi connectivity index (χ4n) is 7.01. The highest BCUT2D eigenvalue weighted by Crippen LogP contribution is 2.35. The van der Waals surface area contributed by atoms with Crippen molar-refractivity contribution < 1.29 is 0 Å². The fraction of sp³-hybridized carbons (Fsp3) is 0.128. The number of fused-ring (bicyclic) bond motifs is 1. The highest BCUT2D eigenvalue weighted by atomic mass is 15.0. The van der Waals surface area contributed by atoms with Crippen LogP contribution in [0.1, 0.15) is 37.0 Å². The van der Waals surface area contributed by atoms with Crippen LogP contribution in [0.2, 0.25) is 0 Å². The van der Waals surface area contributed by atoms with Crippen LogP contribution >= 0.6 is 0 Å². The van der Waals surface area contributed by atoms with Gasteiger partial charge in [-0.3, -0.25) is 0 Å². The second kappa shape index (κ2) is 14.2. The fourth-order valence-corrected chi connectivity index (χ4v) is 7.01. The van der Waals surface area contributed by atoms with Gasteiger partial charge in [0.1, 0.15) is 0 Å². The monoisotopic (exact) mass is 634 g/mol. The maximum Gasteiger partial charge on any atom is 0.0716 e. The minimum absolute atomic E-state index is 0.649. The zero-order chi connectivity index (χ0) is 33.7. The molecule has 49 heavy (non-hydrogen) atoms. The van der Waals surface area contributed by atoms with Gasteiger partial charge in [-0.2, -0.15) is 0 Å². The van der Waals surface area contributed by atoms with E-state index in [-0.39, 0.29) is 0 Å². The minimum atomic E-state index is 0.649. The van der Waals surface area contributed by atoms with Crippen LogP contribution in [-0.2, 0) is 0 Å². The molecule has 0 radical (unpaired) electrons. The zero-order valence-electron chi connectivity index (χ0n) is 28.8. The van der Waals surface area contributed by atoms with E-state index in [4.69, 9.17) is 4.98 Å². The molecule has 0 amide bonds. The van der Waals surface area contributed by atoms with E-state index in [1.807, 2.05) is 6.07 Å². The number of allylic oxidation sites excluding steroid dienone is 4. The van der Waals surface area contributed by atoms with Crippen LogP contribution in [0.3, 0.4) is 0 Å². The van der Waals surface area contributed by atoms with Crippen molar-refractivity contribution in [3.05, 3.63) is 186 Å². The van der Waals surface area contributed by atoms with Crippen LogP contribution < -0.4 is 0 Å². The van der Waals surface area contributed by atoms with Crippen molar-refractivity contribution in [1.82, 2.24) is 9.55 Å². The molecule has 1 atom stereocenters. The van der Waals surface area contributed by atoms with E-state index in [2.05, 4.69) is 190 Å². The summed E-state index contributed by atoms with van der Waals surface area (Å²) in [4.78, 5) is 5.09. The van der Waals surface area contributed by atoms with Crippen molar-refractivity contribution in [2.45, 2.75) is 34.1 Å². The van der Waals surface area contributed by atoms with Crippen LogP contribution in [0.25, 0.3) is 55.8 Å². The number of rotatable bonds is 5. The van der Waals surface area contributed by atoms with Crippen LogP contribution in [0, 0.1) is 19.8 Å². The molecule has 0 bridgehead atoms. The summed E-state index contributed by atoms with van der Waals surface area (Å²) in [6, 6.07) is 51.2. The molecule has 0 saturated carbocycles. The molecule has 2 aromatic heterocycles. The molecule has 2 heteroatoms. The maximum atomic E-state index is 5.09. The van der Waals surface area contributed by atoms with Crippen LogP contribution in [0.4, 0.5) is 0 Å². The number of para-hydroxylation sites is 1. The molecular formula is C47H42N2. The summed E-state index contributed by atoms with van der Waals surface area (Å²) >= 11 is 0. The average molecular weight is 635 g/mol. The first-order valence-corrected chi connectivity index (χ1v) is 17.2. The predicted octanol–water partition coefficient (Wildman–Crippen LogP) is 12.7. The quantitative estimate of drug-likeness (QED) is 0.184. The minimum Gasteiger partial charge on any atom is -0.316 e. The molecule has 0 aliphatic heterocycles. The number of hydrogen-bond donors (Lipinski definition) is 0. The molecule has 8 rings (SSSR count). The molecule has 0 fully saturated rings. The van der Waals surface area contributed by atoms with Crippen LogP contribution in [0.15, 0.2) is 170 Å². The molecule has 0 N–H and O–H groups in total. The Kier molecular flexibility index (Phi) is 9.21. The summed E-state index contributed by atoms with van der Waals surface area (Å²) < 4.78 is 2.27.